The summed E-state index contributed by atoms with van der Waals surface area (Å²) in [4.78, 5) is 49.1. The zero-order chi connectivity index (χ0) is 23.1. The largest absolute Gasteiger partial charge is 0.324 e. The van der Waals surface area contributed by atoms with Crippen LogP contribution in [0, 0.1) is 10.1 Å². The van der Waals surface area contributed by atoms with Crippen molar-refractivity contribution in [2.24, 2.45) is 0 Å². The number of fused-ring (bicyclic) bond motifs is 1. The van der Waals surface area contributed by atoms with Crippen LogP contribution in [0.25, 0.3) is 0 Å². The van der Waals surface area contributed by atoms with Crippen molar-refractivity contribution in [2.75, 3.05) is 19.4 Å². The van der Waals surface area contributed by atoms with Crippen molar-refractivity contribution < 1.29 is 27.7 Å². The zero-order valence-corrected chi connectivity index (χ0v) is 17.5. The molecule has 1 heterocycles. The van der Waals surface area contributed by atoms with Gasteiger partial charge in [-0.05, 0) is 31.2 Å². The van der Waals surface area contributed by atoms with Gasteiger partial charge in [-0.25, -0.2) is 12.7 Å². The highest BCUT2D eigenvalue weighted by atomic mass is 32.2. The Morgan fingerprint density at radius 3 is 2.39 bits per heavy atom. The third-order valence-corrected chi connectivity index (χ3v) is 6.58. The number of nitrogens with zero attached hydrogens (tertiary/aromatic N) is 3. The quantitative estimate of drug-likeness (QED) is 0.401. The summed E-state index contributed by atoms with van der Waals surface area (Å²) >= 11 is 0. The molecule has 1 N–H and O–H groups in total. The predicted molar refractivity (Wildman–Crippen MR) is 109 cm³/mol. The summed E-state index contributed by atoms with van der Waals surface area (Å²) in [5, 5.41) is 13.7. The summed E-state index contributed by atoms with van der Waals surface area (Å²) in [6, 6.07) is 7.85. The Labute approximate surface area is 177 Å². The summed E-state index contributed by atoms with van der Waals surface area (Å²) in [5.41, 5.74) is -0.899. The number of anilines is 1. The van der Waals surface area contributed by atoms with Crippen LogP contribution in [0.4, 0.5) is 11.4 Å². The van der Waals surface area contributed by atoms with E-state index in [-0.39, 0.29) is 21.7 Å². The topological polar surface area (TPSA) is 147 Å². The second-order valence-electron chi connectivity index (χ2n) is 6.92. The number of rotatable bonds is 6. The smallest absolute Gasteiger partial charge is 0.282 e. The van der Waals surface area contributed by atoms with Crippen LogP contribution in [0.2, 0.25) is 0 Å². The molecule has 162 valence electrons. The molecule has 0 bridgehead atoms. The molecule has 3 rings (SSSR count). The number of sulfonamides is 1. The fourth-order valence-electron chi connectivity index (χ4n) is 3.10. The van der Waals surface area contributed by atoms with Gasteiger partial charge < -0.3 is 5.32 Å². The number of nitro groups is 1. The molecule has 2 aromatic rings. The van der Waals surface area contributed by atoms with E-state index in [0.717, 1.165) is 10.4 Å². The summed E-state index contributed by atoms with van der Waals surface area (Å²) in [6.45, 7) is 1.29. The Hall–Kier alpha value is -3.64. The van der Waals surface area contributed by atoms with Gasteiger partial charge in [0.1, 0.15) is 11.6 Å². The number of hydrogen-bond donors (Lipinski definition) is 1. The predicted octanol–water partition coefficient (Wildman–Crippen LogP) is 1.47. The van der Waals surface area contributed by atoms with E-state index in [9.17, 15) is 32.9 Å². The van der Waals surface area contributed by atoms with Crippen LogP contribution in [0.1, 0.15) is 27.6 Å². The molecule has 0 aromatic heterocycles. The third kappa shape index (κ3) is 3.78. The number of carbonyl (C=O) groups excluding carboxylic acids is 3. The van der Waals surface area contributed by atoms with E-state index >= 15 is 0 Å². The number of imide groups is 1. The number of hydrogen-bond acceptors (Lipinski definition) is 7. The highest BCUT2D eigenvalue weighted by molar-refractivity contribution is 7.89. The second-order valence-corrected chi connectivity index (χ2v) is 9.07. The molecule has 1 aliphatic rings. The third-order valence-electron chi connectivity index (χ3n) is 4.77. The first-order valence-corrected chi connectivity index (χ1v) is 10.4. The van der Waals surface area contributed by atoms with Gasteiger partial charge in [0, 0.05) is 25.8 Å². The molecule has 0 spiro atoms. The van der Waals surface area contributed by atoms with E-state index in [1.165, 1.54) is 57.4 Å². The molecule has 0 aliphatic carbocycles. The molecular weight excluding hydrogens is 428 g/mol. The maximum absolute atomic E-state index is 12.7. The lowest BCUT2D eigenvalue weighted by Crippen LogP contribution is -2.45. The number of benzene rings is 2. The van der Waals surface area contributed by atoms with Gasteiger partial charge in [-0.2, -0.15) is 0 Å². The fourth-order valence-corrected chi connectivity index (χ4v) is 4.05. The van der Waals surface area contributed by atoms with Crippen molar-refractivity contribution >= 4 is 39.1 Å². The van der Waals surface area contributed by atoms with Crippen LogP contribution >= 0.6 is 0 Å². The van der Waals surface area contributed by atoms with Crippen molar-refractivity contribution in [1.29, 1.82) is 0 Å². The van der Waals surface area contributed by atoms with Gasteiger partial charge >= 0.3 is 0 Å². The minimum absolute atomic E-state index is 0.0562. The first-order valence-electron chi connectivity index (χ1n) is 8.95. The van der Waals surface area contributed by atoms with Crippen LogP contribution < -0.4 is 5.32 Å². The molecule has 0 saturated carbocycles. The van der Waals surface area contributed by atoms with E-state index in [1.807, 2.05) is 0 Å². The van der Waals surface area contributed by atoms with Crippen LogP contribution in [0.3, 0.4) is 0 Å². The zero-order valence-electron chi connectivity index (χ0n) is 16.7. The second kappa shape index (κ2) is 7.89. The summed E-state index contributed by atoms with van der Waals surface area (Å²) in [6.07, 6.45) is 0. The molecule has 1 atom stereocenters. The van der Waals surface area contributed by atoms with Crippen LogP contribution in [-0.4, -0.2) is 60.4 Å². The first-order chi connectivity index (χ1) is 14.5. The highest BCUT2D eigenvalue weighted by Crippen LogP contribution is 2.32. The number of nitrogens with one attached hydrogen (secondary N) is 1. The maximum Gasteiger partial charge on any atom is 0.282 e. The molecule has 0 unspecified atom stereocenters. The molecule has 0 fully saturated rings. The molecule has 1 aliphatic heterocycles. The Morgan fingerprint density at radius 1 is 1.13 bits per heavy atom. The Kier molecular flexibility index (Phi) is 5.61. The van der Waals surface area contributed by atoms with Gasteiger partial charge in [-0.3, -0.25) is 29.4 Å². The first kappa shape index (κ1) is 22.1. The fraction of sp³-hybridized carbons (Fsp3) is 0.211. The molecule has 0 saturated heterocycles. The van der Waals surface area contributed by atoms with Crippen molar-refractivity contribution in [2.45, 2.75) is 17.9 Å². The van der Waals surface area contributed by atoms with Gasteiger partial charge in [0.25, 0.3) is 17.5 Å². The maximum atomic E-state index is 12.7. The van der Waals surface area contributed by atoms with Gasteiger partial charge in [0.15, 0.2) is 0 Å². The molecule has 3 amide bonds. The van der Waals surface area contributed by atoms with Gasteiger partial charge in [-0.1, -0.05) is 12.1 Å². The minimum atomic E-state index is -3.74. The summed E-state index contributed by atoms with van der Waals surface area (Å²) < 4.78 is 25.6. The normalized spacial score (nSPS) is 14.5. The molecule has 12 heteroatoms. The number of nitro benzene ring substituents is 1. The van der Waals surface area contributed by atoms with E-state index in [0.29, 0.717) is 4.90 Å². The lowest BCUT2D eigenvalue weighted by Gasteiger charge is -2.21. The lowest BCUT2D eigenvalue weighted by atomic mass is 10.1. The summed E-state index contributed by atoms with van der Waals surface area (Å²) in [5.74, 6) is -2.54. The molecular formula is C19H18N4O7S. The van der Waals surface area contributed by atoms with E-state index in [1.54, 1.807) is 0 Å². The Bertz CT molecular complexity index is 1220. The van der Waals surface area contributed by atoms with Gasteiger partial charge in [0.05, 0.1) is 15.4 Å². The van der Waals surface area contributed by atoms with E-state index in [2.05, 4.69) is 5.32 Å². The molecule has 2 aromatic carbocycles. The standard InChI is InChI=1S/C19H18N4O7S/c1-11(17(24)20-12-6-4-7-13(10-12)31(29,30)21(2)3)22-18(25)14-8-5-9-15(23(27)28)16(14)19(22)26/h4-11H,1-3H3,(H,20,24)/t11-/m0/s1. The Morgan fingerprint density at radius 2 is 1.77 bits per heavy atom. The van der Waals surface area contributed by atoms with Crippen molar-refractivity contribution in [3.63, 3.8) is 0 Å². The minimum Gasteiger partial charge on any atom is -0.324 e. The van der Waals surface area contributed by atoms with Crippen LogP contribution in [0.5, 0.6) is 0 Å². The molecule has 0 radical (unpaired) electrons. The van der Waals surface area contributed by atoms with Crippen LogP contribution in [-0.2, 0) is 14.8 Å². The molecule has 11 nitrogen and oxygen atoms in total. The van der Waals surface area contributed by atoms with Crippen molar-refractivity contribution in [3.8, 4) is 0 Å². The number of carbonyl (C=O) groups is 3. The highest BCUT2D eigenvalue weighted by Gasteiger charge is 2.44. The average Bonchev–Trinajstić information content (AvgIpc) is 2.97. The van der Waals surface area contributed by atoms with Crippen molar-refractivity contribution in [1.82, 2.24) is 9.21 Å². The average molecular weight is 446 g/mol. The summed E-state index contributed by atoms with van der Waals surface area (Å²) in [7, 11) is -1.01. The van der Waals surface area contributed by atoms with E-state index in [4.69, 9.17) is 0 Å². The molecule has 31 heavy (non-hydrogen) atoms. The lowest BCUT2D eigenvalue weighted by molar-refractivity contribution is -0.385. The Balaban J connectivity index is 1.87. The number of amides is 3. The van der Waals surface area contributed by atoms with E-state index < -0.39 is 44.4 Å². The van der Waals surface area contributed by atoms with Gasteiger partial charge in [0.2, 0.25) is 15.9 Å². The van der Waals surface area contributed by atoms with Crippen molar-refractivity contribution in [3.05, 3.63) is 63.7 Å². The van der Waals surface area contributed by atoms with Gasteiger partial charge in [-0.15, -0.1) is 0 Å². The van der Waals surface area contributed by atoms with Crippen LogP contribution in [0.15, 0.2) is 47.4 Å². The SMILES string of the molecule is C[C@@H](C(=O)Nc1cccc(S(=O)(=O)N(C)C)c1)N1C(=O)c2cccc([N+](=O)[O-])c2C1=O. The monoisotopic (exact) mass is 446 g/mol.